The summed E-state index contributed by atoms with van der Waals surface area (Å²) in [6.45, 7) is 5.16. The van der Waals surface area contributed by atoms with Gasteiger partial charge in [-0.05, 0) is 6.42 Å². The number of rotatable bonds is 3. The Balaban J connectivity index is 1.70. The highest BCUT2D eigenvalue weighted by molar-refractivity contribution is 7.89. The second-order valence-corrected chi connectivity index (χ2v) is 7.35. The van der Waals surface area contributed by atoms with E-state index >= 15 is 0 Å². The van der Waals surface area contributed by atoms with Gasteiger partial charge in [-0.25, -0.2) is 13.4 Å². The Morgan fingerprint density at radius 1 is 1.30 bits per heavy atom. The fourth-order valence-electron chi connectivity index (χ4n) is 2.93. The maximum Gasteiger partial charge on any atom is 0.262 e. The Morgan fingerprint density at radius 3 is 2.70 bits per heavy atom. The molecule has 3 rings (SSSR count). The number of imidazole rings is 1. The third-order valence-corrected chi connectivity index (χ3v) is 5.83. The average Bonchev–Trinajstić information content (AvgIpc) is 3.09. The molecule has 0 bridgehead atoms. The first kappa shape index (κ1) is 14.0. The molecule has 0 radical (unpaired) electrons. The van der Waals surface area contributed by atoms with Crippen LogP contribution in [-0.4, -0.2) is 72.5 Å². The highest BCUT2D eigenvalue weighted by Crippen LogP contribution is 2.22. The van der Waals surface area contributed by atoms with Crippen molar-refractivity contribution >= 4 is 10.0 Å². The first-order chi connectivity index (χ1) is 9.57. The van der Waals surface area contributed by atoms with Gasteiger partial charge in [-0.1, -0.05) is 0 Å². The van der Waals surface area contributed by atoms with Crippen molar-refractivity contribution in [1.82, 2.24) is 24.1 Å². The maximum atomic E-state index is 12.5. The molecular formula is C12H21N5O2S. The molecule has 2 saturated heterocycles. The Kier molecular flexibility index (Phi) is 3.80. The van der Waals surface area contributed by atoms with Crippen molar-refractivity contribution in [2.75, 3.05) is 39.3 Å². The van der Waals surface area contributed by atoms with Crippen LogP contribution in [0.15, 0.2) is 17.6 Å². The quantitative estimate of drug-likeness (QED) is 0.782. The molecule has 0 amide bonds. The van der Waals surface area contributed by atoms with Crippen molar-refractivity contribution in [1.29, 1.82) is 0 Å². The van der Waals surface area contributed by atoms with Gasteiger partial charge in [-0.15, -0.1) is 0 Å². The molecule has 1 aromatic rings. The molecule has 2 fully saturated rings. The van der Waals surface area contributed by atoms with Crippen LogP contribution in [0.2, 0.25) is 0 Å². The minimum Gasteiger partial charge on any atom is -0.339 e. The monoisotopic (exact) mass is 299 g/mol. The molecule has 8 heteroatoms. The smallest absolute Gasteiger partial charge is 0.262 e. The number of piperazine rings is 1. The molecule has 1 aromatic heterocycles. The first-order valence-electron chi connectivity index (χ1n) is 7.00. The standard InChI is InChI=1S/C12H21N5O2S/c1-15-9-12(14-10-15)20(18,19)17-5-2-11(8-17)16-6-3-13-4-7-16/h9-11,13H,2-8H2,1H3. The first-order valence-corrected chi connectivity index (χ1v) is 8.44. The van der Waals surface area contributed by atoms with Crippen molar-refractivity contribution < 1.29 is 8.42 Å². The lowest BCUT2D eigenvalue weighted by Gasteiger charge is -2.32. The predicted molar refractivity (Wildman–Crippen MR) is 74.8 cm³/mol. The van der Waals surface area contributed by atoms with E-state index in [9.17, 15) is 8.42 Å². The van der Waals surface area contributed by atoms with E-state index in [2.05, 4.69) is 15.2 Å². The Morgan fingerprint density at radius 2 is 2.05 bits per heavy atom. The molecule has 20 heavy (non-hydrogen) atoms. The van der Waals surface area contributed by atoms with Gasteiger partial charge in [0.25, 0.3) is 10.0 Å². The fourth-order valence-corrected chi connectivity index (χ4v) is 4.39. The lowest BCUT2D eigenvalue weighted by molar-refractivity contribution is 0.179. The molecule has 1 unspecified atom stereocenters. The van der Waals surface area contributed by atoms with Crippen LogP contribution < -0.4 is 5.32 Å². The Hall–Kier alpha value is -0.960. The number of hydrogen-bond acceptors (Lipinski definition) is 5. The normalized spacial score (nSPS) is 26.1. The number of sulfonamides is 1. The van der Waals surface area contributed by atoms with Gasteiger partial charge in [0.1, 0.15) is 0 Å². The molecule has 0 saturated carbocycles. The number of aryl methyl sites for hydroxylation is 1. The SMILES string of the molecule is Cn1cnc(S(=O)(=O)N2CCC(N3CCNCC3)C2)c1. The summed E-state index contributed by atoms with van der Waals surface area (Å²) in [5.74, 6) is 0. The molecule has 0 aliphatic carbocycles. The van der Waals surface area contributed by atoms with Gasteiger partial charge < -0.3 is 9.88 Å². The summed E-state index contributed by atoms with van der Waals surface area (Å²) in [4.78, 5) is 6.37. The van der Waals surface area contributed by atoms with E-state index in [1.807, 2.05) is 0 Å². The van der Waals surface area contributed by atoms with Crippen LogP contribution in [0.25, 0.3) is 0 Å². The van der Waals surface area contributed by atoms with E-state index < -0.39 is 10.0 Å². The van der Waals surface area contributed by atoms with Crippen molar-refractivity contribution in [3.8, 4) is 0 Å². The summed E-state index contributed by atoms with van der Waals surface area (Å²) in [6, 6.07) is 0.343. The number of aromatic nitrogens is 2. The van der Waals surface area contributed by atoms with Gasteiger partial charge in [-0.2, -0.15) is 4.31 Å². The third kappa shape index (κ3) is 2.60. The fraction of sp³-hybridized carbons (Fsp3) is 0.750. The van der Waals surface area contributed by atoms with Crippen LogP contribution in [0, 0.1) is 0 Å². The molecule has 7 nitrogen and oxygen atoms in total. The Bertz CT molecular complexity index is 564. The van der Waals surface area contributed by atoms with E-state index in [4.69, 9.17) is 0 Å². The predicted octanol–water partition coefficient (Wildman–Crippen LogP) is -0.912. The van der Waals surface area contributed by atoms with Gasteiger partial charge in [0.05, 0.1) is 6.33 Å². The van der Waals surface area contributed by atoms with Crippen molar-refractivity contribution in [3.05, 3.63) is 12.5 Å². The number of nitrogens with zero attached hydrogens (tertiary/aromatic N) is 4. The number of hydrogen-bond donors (Lipinski definition) is 1. The zero-order chi connectivity index (χ0) is 14.2. The second kappa shape index (κ2) is 5.44. The molecule has 3 heterocycles. The molecule has 2 aliphatic rings. The van der Waals surface area contributed by atoms with E-state index in [0.29, 0.717) is 19.1 Å². The van der Waals surface area contributed by atoms with E-state index in [1.54, 1.807) is 22.1 Å². The number of nitrogens with one attached hydrogen (secondary N) is 1. The van der Waals surface area contributed by atoms with E-state index in [1.165, 1.54) is 6.33 Å². The molecule has 2 aliphatic heterocycles. The van der Waals surface area contributed by atoms with Gasteiger partial charge in [0.2, 0.25) is 0 Å². The highest BCUT2D eigenvalue weighted by Gasteiger charge is 2.36. The van der Waals surface area contributed by atoms with E-state index in [-0.39, 0.29) is 5.03 Å². The van der Waals surface area contributed by atoms with E-state index in [0.717, 1.165) is 32.6 Å². The van der Waals surface area contributed by atoms with Crippen molar-refractivity contribution in [3.63, 3.8) is 0 Å². The van der Waals surface area contributed by atoms with Gasteiger partial charge in [-0.3, -0.25) is 4.90 Å². The largest absolute Gasteiger partial charge is 0.339 e. The minimum absolute atomic E-state index is 0.154. The summed E-state index contributed by atoms with van der Waals surface area (Å²) >= 11 is 0. The van der Waals surface area contributed by atoms with Crippen LogP contribution in [0.3, 0.4) is 0 Å². The van der Waals surface area contributed by atoms with Crippen LogP contribution in [-0.2, 0) is 17.1 Å². The summed E-state index contributed by atoms with van der Waals surface area (Å²) in [6.07, 6.45) is 4.00. The molecule has 1 N–H and O–H groups in total. The van der Waals surface area contributed by atoms with Gasteiger partial charge in [0, 0.05) is 58.6 Å². The Labute approximate surface area is 119 Å². The lowest BCUT2D eigenvalue weighted by Crippen LogP contribution is -2.49. The van der Waals surface area contributed by atoms with Crippen LogP contribution in [0.5, 0.6) is 0 Å². The summed E-state index contributed by atoms with van der Waals surface area (Å²) in [5, 5.41) is 3.48. The second-order valence-electron chi connectivity index (χ2n) is 5.47. The van der Waals surface area contributed by atoms with Crippen LogP contribution in [0.1, 0.15) is 6.42 Å². The molecule has 1 atom stereocenters. The maximum absolute atomic E-state index is 12.5. The molecular weight excluding hydrogens is 278 g/mol. The van der Waals surface area contributed by atoms with Gasteiger partial charge in [0.15, 0.2) is 5.03 Å². The summed E-state index contributed by atoms with van der Waals surface area (Å²) in [5.41, 5.74) is 0. The third-order valence-electron chi connectivity index (χ3n) is 4.08. The topological polar surface area (TPSA) is 70.5 Å². The molecule has 112 valence electrons. The van der Waals surface area contributed by atoms with Crippen LogP contribution in [0.4, 0.5) is 0 Å². The zero-order valence-corrected chi connectivity index (χ0v) is 12.5. The average molecular weight is 299 g/mol. The molecule has 0 spiro atoms. The zero-order valence-electron chi connectivity index (χ0n) is 11.7. The van der Waals surface area contributed by atoms with Gasteiger partial charge >= 0.3 is 0 Å². The molecule has 0 aromatic carbocycles. The summed E-state index contributed by atoms with van der Waals surface area (Å²) in [7, 11) is -1.65. The highest BCUT2D eigenvalue weighted by atomic mass is 32.2. The van der Waals surface area contributed by atoms with Crippen LogP contribution >= 0.6 is 0 Å². The van der Waals surface area contributed by atoms with Crippen molar-refractivity contribution in [2.45, 2.75) is 17.5 Å². The lowest BCUT2D eigenvalue weighted by atomic mass is 10.2. The summed E-state index contributed by atoms with van der Waals surface area (Å²) < 4.78 is 28.2. The van der Waals surface area contributed by atoms with Crippen molar-refractivity contribution in [2.24, 2.45) is 7.05 Å². The minimum atomic E-state index is -3.43.